The minimum atomic E-state index is -0.187. The lowest BCUT2D eigenvalue weighted by atomic mass is 10.2. The quantitative estimate of drug-likeness (QED) is 0.706. The lowest BCUT2D eigenvalue weighted by Crippen LogP contribution is -2.11. The molecule has 1 nitrogen and oxygen atoms in total. The molecular formula is C16H14FNS2. The van der Waals surface area contributed by atoms with Gasteiger partial charge >= 0.3 is 0 Å². The molecule has 0 unspecified atom stereocenters. The molecular weight excluding hydrogens is 289 g/mol. The Balaban J connectivity index is 1.55. The number of hydrogen-bond donors (Lipinski definition) is 1. The van der Waals surface area contributed by atoms with E-state index in [4.69, 9.17) is 0 Å². The van der Waals surface area contributed by atoms with Crippen molar-refractivity contribution >= 4 is 22.7 Å². The van der Waals surface area contributed by atoms with Crippen LogP contribution < -0.4 is 5.32 Å². The molecule has 0 bridgehead atoms. The maximum atomic E-state index is 12.8. The molecule has 0 amide bonds. The van der Waals surface area contributed by atoms with E-state index in [9.17, 15) is 4.39 Å². The molecule has 0 atom stereocenters. The monoisotopic (exact) mass is 303 g/mol. The first kappa shape index (κ1) is 13.5. The van der Waals surface area contributed by atoms with E-state index in [2.05, 4.69) is 34.3 Å². The number of nitrogens with one attached hydrogen (secondary N) is 1. The topological polar surface area (TPSA) is 12.0 Å². The summed E-state index contributed by atoms with van der Waals surface area (Å²) in [5.74, 6) is -0.187. The van der Waals surface area contributed by atoms with Gasteiger partial charge in [-0.1, -0.05) is 18.2 Å². The van der Waals surface area contributed by atoms with Crippen LogP contribution in [-0.2, 0) is 13.1 Å². The Hall–Kier alpha value is -1.49. The summed E-state index contributed by atoms with van der Waals surface area (Å²) < 4.78 is 12.8. The average Bonchev–Trinajstić information content (AvgIpc) is 3.11. The van der Waals surface area contributed by atoms with Crippen LogP contribution in [0, 0.1) is 5.82 Å². The fourth-order valence-corrected chi connectivity index (χ4v) is 3.62. The van der Waals surface area contributed by atoms with Gasteiger partial charge in [-0.05, 0) is 40.6 Å². The van der Waals surface area contributed by atoms with E-state index in [0.717, 1.165) is 18.7 Å². The van der Waals surface area contributed by atoms with E-state index in [1.165, 1.54) is 27.5 Å². The zero-order valence-corrected chi connectivity index (χ0v) is 12.4. The van der Waals surface area contributed by atoms with Crippen molar-refractivity contribution in [3.05, 3.63) is 69.5 Å². The molecule has 1 N–H and O–H groups in total. The van der Waals surface area contributed by atoms with Crippen molar-refractivity contribution in [3.63, 3.8) is 0 Å². The molecule has 1 aromatic carbocycles. The maximum Gasteiger partial charge on any atom is 0.123 e. The highest BCUT2D eigenvalue weighted by Crippen LogP contribution is 2.29. The highest BCUT2D eigenvalue weighted by Gasteiger charge is 2.03. The first-order chi connectivity index (χ1) is 9.81. The van der Waals surface area contributed by atoms with Gasteiger partial charge in [0, 0.05) is 28.4 Å². The molecule has 0 radical (unpaired) electrons. The molecule has 0 saturated carbocycles. The molecule has 4 heteroatoms. The van der Waals surface area contributed by atoms with Crippen LogP contribution in [0.4, 0.5) is 4.39 Å². The fraction of sp³-hybridized carbons (Fsp3) is 0.125. The van der Waals surface area contributed by atoms with Crippen LogP contribution in [-0.4, -0.2) is 0 Å². The van der Waals surface area contributed by atoms with Gasteiger partial charge in [-0.25, -0.2) is 4.39 Å². The summed E-state index contributed by atoms with van der Waals surface area (Å²) in [5.41, 5.74) is 2.39. The largest absolute Gasteiger partial charge is 0.308 e. The normalized spacial score (nSPS) is 10.8. The smallest absolute Gasteiger partial charge is 0.123 e. The Morgan fingerprint density at radius 1 is 1.00 bits per heavy atom. The van der Waals surface area contributed by atoms with Gasteiger partial charge in [-0.2, -0.15) is 0 Å². The van der Waals surface area contributed by atoms with Crippen LogP contribution in [0.1, 0.15) is 10.4 Å². The van der Waals surface area contributed by atoms with Gasteiger partial charge in [-0.15, -0.1) is 22.7 Å². The predicted molar refractivity (Wildman–Crippen MR) is 84.6 cm³/mol. The SMILES string of the molecule is Fc1ccc(CNCc2cc(-c3cccs3)cs2)cc1. The zero-order chi connectivity index (χ0) is 13.8. The highest BCUT2D eigenvalue weighted by molar-refractivity contribution is 7.14. The van der Waals surface area contributed by atoms with Gasteiger partial charge in [0.1, 0.15) is 5.82 Å². The minimum Gasteiger partial charge on any atom is -0.308 e. The van der Waals surface area contributed by atoms with E-state index < -0.39 is 0 Å². The van der Waals surface area contributed by atoms with Gasteiger partial charge in [0.2, 0.25) is 0 Å². The molecule has 2 aromatic heterocycles. The lowest BCUT2D eigenvalue weighted by Gasteiger charge is -2.03. The van der Waals surface area contributed by atoms with Crippen molar-refractivity contribution in [2.24, 2.45) is 0 Å². The molecule has 0 fully saturated rings. The molecule has 2 heterocycles. The second-order valence-corrected chi connectivity index (χ2v) is 6.45. The molecule has 20 heavy (non-hydrogen) atoms. The van der Waals surface area contributed by atoms with Gasteiger partial charge in [0.25, 0.3) is 0 Å². The summed E-state index contributed by atoms with van der Waals surface area (Å²) in [7, 11) is 0. The van der Waals surface area contributed by atoms with Crippen LogP contribution in [0.15, 0.2) is 53.2 Å². The molecule has 102 valence electrons. The van der Waals surface area contributed by atoms with Crippen molar-refractivity contribution in [2.45, 2.75) is 13.1 Å². The Morgan fingerprint density at radius 3 is 2.60 bits per heavy atom. The van der Waals surface area contributed by atoms with Crippen LogP contribution in [0.5, 0.6) is 0 Å². The van der Waals surface area contributed by atoms with Gasteiger partial charge in [-0.3, -0.25) is 0 Å². The minimum absolute atomic E-state index is 0.187. The van der Waals surface area contributed by atoms with Gasteiger partial charge in [0.05, 0.1) is 0 Å². The van der Waals surface area contributed by atoms with Gasteiger partial charge in [0.15, 0.2) is 0 Å². The molecule has 0 aliphatic heterocycles. The van der Waals surface area contributed by atoms with Crippen LogP contribution in [0.25, 0.3) is 10.4 Å². The van der Waals surface area contributed by atoms with Crippen molar-refractivity contribution in [1.29, 1.82) is 0 Å². The van der Waals surface area contributed by atoms with Crippen LogP contribution in [0.3, 0.4) is 0 Å². The molecule has 0 aliphatic rings. The third-order valence-corrected chi connectivity index (χ3v) is 4.86. The van der Waals surface area contributed by atoms with E-state index in [-0.39, 0.29) is 5.82 Å². The second kappa shape index (κ2) is 6.31. The Labute approximate surface area is 125 Å². The average molecular weight is 303 g/mol. The fourth-order valence-electron chi connectivity index (χ4n) is 1.98. The van der Waals surface area contributed by atoms with E-state index >= 15 is 0 Å². The summed E-state index contributed by atoms with van der Waals surface area (Å²) in [6, 6.07) is 13.1. The summed E-state index contributed by atoms with van der Waals surface area (Å²) in [6.07, 6.45) is 0. The molecule has 0 aliphatic carbocycles. The molecule has 0 saturated heterocycles. The predicted octanol–water partition coefficient (Wildman–Crippen LogP) is 4.91. The number of halogens is 1. The number of benzene rings is 1. The van der Waals surface area contributed by atoms with E-state index in [0.29, 0.717) is 0 Å². The zero-order valence-electron chi connectivity index (χ0n) is 10.8. The van der Waals surface area contributed by atoms with E-state index in [1.807, 2.05) is 12.1 Å². The van der Waals surface area contributed by atoms with Crippen molar-refractivity contribution < 1.29 is 4.39 Å². The Kier molecular flexibility index (Phi) is 4.25. The molecule has 3 rings (SSSR count). The standard InChI is InChI=1S/C16H14FNS2/c17-14-5-3-12(4-6-14)9-18-10-15-8-13(11-20-15)16-2-1-7-19-16/h1-8,11,18H,9-10H2. The maximum absolute atomic E-state index is 12.8. The number of rotatable bonds is 5. The van der Waals surface area contributed by atoms with Crippen LogP contribution >= 0.6 is 22.7 Å². The Morgan fingerprint density at radius 2 is 1.85 bits per heavy atom. The summed E-state index contributed by atoms with van der Waals surface area (Å²) in [6.45, 7) is 1.60. The summed E-state index contributed by atoms with van der Waals surface area (Å²) >= 11 is 3.53. The summed E-state index contributed by atoms with van der Waals surface area (Å²) in [5, 5.41) is 7.68. The first-order valence-corrected chi connectivity index (χ1v) is 8.13. The highest BCUT2D eigenvalue weighted by atomic mass is 32.1. The molecule has 3 aromatic rings. The Bertz CT molecular complexity index is 656. The van der Waals surface area contributed by atoms with Crippen LogP contribution in [0.2, 0.25) is 0 Å². The third-order valence-electron chi connectivity index (χ3n) is 3.00. The molecule has 0 spiro atoms. The lowest BCUT2D eigenvalue weighted by molar-refractivity contribution is 0.625. The van der Waals surface area contributed by atoms with E-state index in [1.54, 1.807) is 22.7 Å². The van der Waals surface area contributed by atoms with Crippen molar-refractivity contribution in [3.8, 4) is 10.4 Å². The second-order valence-electron chi connectivity index (χ2n) is 4.51. The number of hydrogen-bond acceptors (Lipinski definition) is 3. The third kappa shape index (κ3) is 3.33. The number of thiophene rings is 2. The van der Waals surface area contributed by atoms with Crippen molar-refractivity contribution in [1.82, 2.24) is 5.32 Å². The van der Waals surface area contributed by atoms with Gasteiger partial charge < -0.3 is 5.32 Å². The summed E-state index contributed by atoms with van der Waals surface area (Å²) in [4.78, 5) is 2.63. The first-order valence-electron chi connectivity index (χ1n) is 6.38. The van der Waals surface area contributed by atoms with Crippen molar-refractivity contribution in [2.75, 3.05) is 0 Å².